The third-order valence-corrected chi connectivity index (χ3v) is 6.76. The number of anilines is 1. The van der Waals surface area contributed by atoms with Crippen LogP contribution in [-0.2, 0) is 20.0 Å². The van der Waals surface area contributed by atoms with Crippen LogP contribution >= 0.6 is 11.6 Å². The van der Waals surface area contributed by atoms with Crippen LogP contribution in [0.3, 0.4) is 0 Å². The minimum Gasteiger partial charge on any atom is -0.280 e. The Bertz CT molecular complexity index is 925. The monoisotopic (exact) mass is 402 g/mol. The van der Waals surface area contributed by atoms with Gasteiger partial charge < -0.3 is 0 Å². The summed E-state index contributed by atoms with van der Waals surface area (Å²) in [5.41, 5.74) is 0.262. The zero-order valence-corrected chi connectivity index (χ0v) is 16.1. The summed E-state index contributed by atoms with van der Waals surface area (Å²) in [4.78, 5) is 0.134. The van der Waals surface area contributed by atoms with Gasteiger partial charge in [0.2, 0.25) is 10.0 Å². The third-order valence-electron chi connectivity index (χ3n) is 3.51. The number of nitrogens with one attached hydrogen (secondary N) is 2. The summed E-state index contributed by atoms with van der Waals surface area (Å²) in [6, 6.07) is 11.1. The van der Waals surface area contributed by atoms with E-state index >= 15 is 0 Å². The van der Waals surface area contributed by atoms with Gasteiger partial charge in [-0.25, -0.2) is 21.6 Å². The van der Waals surface area contributed by atoms with Crippen molar-refractivity contribution in [3.8, 4) is 0 Å². The molecule has 2 N–H and O–H groups in total. The summed E-state index contributed by atoms with van der Waals surface area (Å²) in [5.74, 6) is 0. The SMILES string of the molecule is CCC(C)NS(=O)(=O)c1ccc(NS(=O)(=O)c2ccc(Cl)cc2)cc1. The van der Waals surface area contributed by atoms with Crippen LogP contribution in [0.4, 0.5) is 5.69 Å². The van der Waals surface area contributed by atoms with E-state index in [0.717, 1.165) is 0 Å². The zero-order valence-electron chi connectivity index (χ0n) is 13.7. The van der Waals surface area contributed by atoms with Crippen LogP contribution in [0.5, 0.6) is 0 Å². The van der Waals surface area contributed by atoms with Crippen LogP contribution in [0.25, 0.3) is 0 Å². The van der Waals surface area contributed by atoms with Crippen LogP contribution in [0, 0.1) is 0 Å². The van der Waals surface area contributed by atoms with Gasteiger partial charge in [-0.2, -0.15) is 0 Å². The van der Waals surface area contributed by atoms with Crippen molar-refractivity contribution in [1.82, 2.24) is 4.72 Å². The van der Waals surface area contributed by atoms with Gasteiger partial charge in [-0.15, -0.1) is 0 Å². The van der Waals surface area contributed by atoms with Gasteiger partial charge in [0, 0.05) is 16.8 Å². The minimum atomic E-state index is -3.78. The molecule has 2 aromatic rings. The van der Waals surface area contributed by atoms with E-state index in [-0.39, 0.29) is 21.5 Å². The summed E-state index contributed by atoms with van der Waals surface area (Å²) in [7, 11) is -7.41. The van der Waals surface area contributed by atoms with E-state index in [0.29, 0.717) is 11.4 Å². The Morgan fingerprint density at radius 3 is 1.88 bits per heavy atom. The second kappa shape index (κ2) is 7.74. The van der Waals surface area contributed by atoms with Crippen LogP contribution < -0.4 is 9.44 Å². The Hall–Kier alpha value is -1.61. The molecule has 2 aromatic carbocycles. The number of benzene rings is 2. The molecule has 0 heterocycles. The predicted octanol–water partition coefficient (Wildman–Crippen LogP) is 3.22. The van der Waals surface area contributed by atoms with Crippen molar-refractivity contribution in [1.29, 1.82) is 0 Å². The van der Waals surface area contributed by atoms with E-state index in [2.05, 4.69) is 9.44 Å². The number of hydrogen-bond acceptors (Lipinski definition) is 4. The molecule has 9 heteroatoms. The van der Waals surface area contributed by atoms with E-state index in [1.165, 1.54) is 48.5 Å². The summed E-state index contributed by atoms with van der Waals surface area (Å²) >= 11 is 5.75. The fraction of sp³-hybridized carbons (Fsp3) is 0.250. The van der Waals surface area contributed by atoms with Crippen molar-refractivity contribution in [3.63, 3.8) is 0 Å². The quantitative estimate of drug-likeness (QED) is 0.743. The van der Waals surface area contributed by atoms with E-state index in [1.807, 2.05) is 6.92 Å². The summed E-state index contributed by atoms with van der Waals surface area (Å²) < 4.78 is 53.9. The van der Waals surface area contributed by atoms with Gasteiger partial charge in [-0.3, -0.25) is 4.72 Å². The Morgan fingerprint density at radius 1 is 0.880 bits per heavy atom. The second-order valence-corrected chi connectivity index (χ2v) is 9.35. The van der Waals surface area contributed by atoms with Crippen molar-refractivity contribution >= 4 is 37.3 Å². The lowest BCUT2D eigenvalue weighted by Gasteiger charge is -2.13. The molecule has 1 unspecified atom stereocenters. The average molecular weight is 403 g/mol. The Morgan fingerprint density at radius 2 is 1.36 bits per heavy atom. The lowest BCUT2D eigenvalue weighted by Crippen LogP contribution is -2.31. The van der Waals surface area contributed by atoms with Gasteiger partial charge in [-0.1, -0.05) is 18.5 Å². The van der Waals surface area contributed by atoms with Crippen molar-refractivity contribution in [2.75, 3.05) is 4.72 Å². The van der Waals surface area contributed by atoms with Crippen LogP contribution in [0.1, 0.15) is 20.3 Å². The largest absolute Gasteiger partial charge is 0.280 e. The first-order valence-electron chi connectivity index (χ1n) is 7.55. The highest BCUT2D eigenvalue weighted by molar-refractivity contribution is 7.92. The molecule has 1 atom stereocenters. The molecule has 0 aliphatic heterocycles. The topological polar surface area (TPSA) is 92.3 Å². The molecule has 0 aliphatic carbocycles. The summed E-state index contributed by atoms with van der Waals surface area (Å²) in [6.45, 7) is 3.65. The van der Waals surface area contributed by atoms with Gasteiger partial charge in [-0.05, 0) is 61.9 Å². The van der Waals surface area contributed by atoms with E-state index in [9.17, 15) is 16.8 Å². The second-order valence-electron chi connectivity index (χ2n) is 5.51. The smallest absolute Gasteiger partial charge is 0.261 e. The fourth-order valence-electron chi connectivity index (χ4n) is 1.95. The molecular formula is C16H19ClN2O4S2. The molecule has 136 valence electrons. The van der Waals surface area contributed by atoms with Gasteiger partial charge >= 0.3 is 0 Å². The highest BCUT2D eigenvalue weighted by atomic mass is 35.5. The number of rotatable bonds is 7. The maximum absolute atomic E-state index is 12.3. The van der Waals surface area contributed by atoms with Crippen molar-refractivity contribution < 1.29 is 16.8 Å². The zero-order chi connectivity index (χ0) is 18.7. The number of hydrogen-bond donors (Lipinski definition) is 2. The van der Waals surface area contributed by atoms with Gasteiger partial charge in [0.25, 0.3) is 10.0 Å². The summed E-state index contributed by atoms with van der Waals surface area (Å²) in [6.07, 6.45) is 0.665. The molecular weight excluding hydrogens is 384 g/mol. The molecule has 0 amide bonds. The standard InChI is InChI=1S/C16H19ClN2O4S2/c1-3-12(2)18-24(20,21)16-10-6-14(7-11-16)19-25(22,23)15-8-4-13(17)5-9-15/h4-12,18-19H,3H2,1-2H3. The Balaban J connectivity index is 2.19. The van der Waals surface area contributed by atoms with E-state index in [4.69, 9.17) is 11.6 Å². The molecule has 0 aromatic heterocycles. The van der Waals surface area contributed by atoms with Gasteiger partial charge in [0.15, 0.2) is 0 Å². The van der Waals surface area contributed by atoms with E-state index in [1.54, 1.807) is 6.92 Å². The lowest BCUT2D eigenvalue weighted by atomic mass is 10.3. The van der Waals surface area contributed by atoms with Crippen molar-refractivity contribution in [3.05, 3.63) is 53.6 Å². The average Bonchev–Trinajstić information content (AvgIpc) is 2.55. The molecule has 0 aliphatic rings. The van der Waals surface area contributed by atoms with Crippen LogP contribution in [0.15, 0.2) is 58.3 Å². The highest BCUT2D eigenvalue weighted by Crippen LogP contribution is 2.20. The highest BCUT2D eigenvalue weighted by Gasteiger charge is 2.18. The molecule has 0 saturated heterocycles. The fourth-order valence-corrected chi connectivity index (χ4v) is 4.46. The first kappa shape index (κ1) is 19.7. The maximum atomic E-state index is 12.3. The Kier molecular flexibility index (Phi) is 6.10. The Labute approximate surface area is 153 Å². The minimum absolute atomic E-state index is 0.0621. The molecule has 0 bridgehead atoms. The van der Waals surface area contributed by atoms with Gasteiger partial charge in [0.05, 0.1) is 9.79 Å². The summed E-state index contributed by atoms with van der Waals surface area (Å²) in [5, 5.41) is 0.433. The van der Waals surface area contributed by atoms with Crippen molar-refractivity contribution in [2.24, 2.45) is 0 Å². The van der Waals surface area contributed by atoms with E-state index < -0.39 is 20.0 Å². The molecule has 25 heavy (non-hydrogen) atoms. The molecule has 0 radical (unpaired) electrons. The molecule has 0 fully saturated rings. The molecule has 2 rings (SSSR count). The van der Waals surface area contributed by atoms with Crippen LogP contribution in [-0.4, -0.2) is 22.9 Å². The number of sulfonamides is 2. The lowest BCUT2D eigenvalue weighted by molar-refractivity contribution is 0.556. The van der Waals surface area contributed by atoms with Crippen LogP contribution in [0.2, 0.25) is 5.02 Å². The normalized spacial score (nSPS) is 13.4. The third kappa shape index (κ3) is 5.18. The van der Waals surface area contributed by atoms with Crippen molar-refractivity contribution in [2.45, 2.75) is 36.1 Å². The predicted molar refractivity (Wildman–Crippen MR) is 98.8 cm³/mol. The molecule has 0 saturated carbocycles. The maximum Gasteiger partial charge on any atom is 0.261 e. The van der Waals surface area contributed by atoms with Gasteiger partial charge in [0.1, 0.15) is 0 Å². The molecule has 6 nitrogen and oxygen atoms in total. The first-order chi connectivity index (χ1) is 11.6. The first-order valence-corrected chi connectivity index (χ1v) is 10.9. The number of halogens is 1. The molecule has 0 spiro atoms.